The van der Waals surface area contributed by atoms with E-state index >= 15 is 0 Å². The molecule has 0 radical (unpaired) electrons. The normalized spacial score (nSPS) is 21.1. The molecule has 2 heterocycles. The molecule has 4 nitrogen and oxygen atoms in total. The Balaban J connectivity index is 1.44. The van der Waals surface area contributed by atoms with Gasteiger partial charge in [0.15, 0.2) is 0 Å². The SMILES string of the molecule is Cc1ccc(C(=O)Nc2cccc(C(F)(F)F)c2)cc1C1CCN(CC2C=NC=CC2)C1. The fraction of sp³-hybridized carbons (Fsp3) is 0.360. The van der Waals surface area contributed by atoms with Crippen LogP contribution in [0.4, 0.5) is 18.9 Å². The Labute approximate surface area is 185 Å². The van der Waals surface area contributed by atoms with Crippen LogP contribution in [0.3, 0.4) is 0 Å². The number of halogens is 3. The van der Waals surface area contributed by atoms with E-state index in [4.69, 9.17) is 0 Å². The minimum Gasteiger partial charge on any atom is -0.322 e. The zero-order chi connectivity index (χ0) is 22.7. The minimum absolute atomic E-state index is 0.127. The number of aryl methyl sites for hydroxylation is 1. The number of aliphatic imine (C=N–C) groups is 1. The molecule has 1 fully saturated rings. The Morgan fingerprint density at radius 1 is 1.22 bits per heavy atom. The molecule has 2 aromatic rings. The lowest BCUT2D eigenvalue weighted by Gasteiger charge is -2.22. The minimum atomic E-state index is -4.45. The van der Waals surface area contributed by atoms with Gasteiger partial charge in [0.05, 0.1) is 5.56 Å². The van der Waals surface area contributed by atoms with Crippen LogP contribution < -0.4 is 5.32 Å². The van der Waals surface area contributed by atoms with Gasteiger partial charge in [0, 0.05) is 42.7 Å². The zero-order valence-electron chi connectivity index (χ0n) is 17.9. The van der Waals surface area contributed by atoms with E-state index in [9.17, 15) is 18.0 Å². The van der Waals surface area contributed by atoms with Gasteiger partial charge in [-0.2, -0.15) is 13.2 Å². The number of carbonyl (C=O) groups excluding carboxylic acids is 1. The van der Waals surface area contributed by atoms with Crippen molar-refractivity contribution in [1.82, 2.24) is 4.90 Å². The lowest BCUT2D eigenvalue weighted by Crippen LogP contribution is -2.28. The Morgan fingerprint density at radius 2 is 2.06 bits per heavy atom. The number of nitrogens with zero attached hydrogens (tertiary/aromatic N) is 2. The Hall–Kier alpha value is -2.93. The van der Waals surface area contributed by atoms with Crippen molar-refractivity contribution in [3.05, 3.63) is 77.0 Å². The number of rotatable bonds is 5. The van der Waals surface area contributed by atoms with Crippen LogP contribution in [0.2, 0.25) is 0 Å². The molecule has 4 rings (SSSR count). The van der Waals surface area contributed by atoms with Crippen LogP contribution in [0, 0.1) is 12.8 Å². The molecule has 2 unspecified atom stereocenters. The molecule has 2 atom stereocenters. The summed E-state index contributed by atoms with van der Waals surface area (Å²) in [6.45, 7) is 4.93. The van der Waals surface area contributed by atoms with Gasteiger partial charge in [-0.05, 0) is 73.7 Å². The van der Waals surface area contributed by atoms with Crippen molar-refractivity contribution in [2.24, 2.45) is 10.9 Å². The van der Waals surface area contributed by atoms with Crippen LogP contribution in [0.25, 0.3) is 0 Å². The summed E-state index contributed by atoms with van der Waals surface area (Å²) in [5.74, 6) is 0.349. The van der Waals surface area contributed by atoms with Crippen molar-refractivity contribution in [2.75, 3.05) is 25.0 Å². The molecule has 1 amide bonds. The van der Waals surface area contributed by atoms with Crippen LogP contribution in [0.15, 0.2) is 59.7 Å². The zero-order valence-corrected chi connectivity index (χ0v) is 17.9. The molecular weight excluding hydrogens is 415 g/mol. The van der Waals surface area contributed by atoms with Crippen molar-refractivity contribution >= 4 is 17.8 Å². The third-order valence-corrected chi connectivity index (χ3v) is 6.12. The van der Waals surface area contributed by atoms with Crippen molar-refractivity contribution in [3.8, 4) is 0 Å². The van der Waals surface area contributed by atoms with Gasteiger partial charge in [0.1, 0.15) is 0 Å². The van der Waals surface area contributed by atoms with Crippen LogP contribution in [0.1, 0.15) is 45.8 Å². The fourth-order valence-electron chi connectivity index (χ4n) is 4.43. The lowest BCUT2D eigenvalue weighted by molar-refractivity contribution is -0.137. The predicted octanol–water partition coefficient (Wildman–Crippen LogP) is 5.66. The molecule has 7 heteroatoms. The number of anilines is 1. The maximum absolute atomic E-state index is 13.0. The summed E-state index contributed by atoms with van der Waals surface area (Å²) in [5, 5.41) is 2.60. The highest BCUT2D eigenvalue weighted by atomic mass is 19.4. The molecule has 0 aromatic heterocycles. The Bertz CT molecular complexity index is 1040. The lowest BCUT2D eigenvalue weighted by atomic mass is 9.92. The van der Waals surface area contributed by atoms with Gasteiger partial charge in [0.25, 0.3) is 5.91 Å². The molecule has 0 aliphatic carbocycles. The standard InChI is InChI=1S/C25H26F3N3O/c1-17-7-8-19(24(32)30-22-6-2-5-21(13-22)25(26,27)28)12-23(17)20-9-11-31(16-20)15-18-4-3-10-29-14-18/h2-3,5-8,10,12-14,18,20H,4,9,11,15-16H2,1H3,(H,30,32). The topological polar surface area (TPSA) is 44.7 Å². The van der Waals surface area contributed by atoms with E-state index < -0.39 is 17.6 Å². The summed E-state index contributed by atoms with van der Waals surface area (Å²) in [7, 11) is 0. The van der Waals surface area contributed by atoms with E-state index in [2.05, 4.69) is 21.3 Å². The number of likely N-dealkylation sites (tertiary alicyclic amines) is 1. The predicted molar refractivity (Wildman–Crippen MR) is 120 cm³/mol. The molecule has 32 heavy (non-hydrogen) atoms. The largest absolute Gasteiger partial charge is 0.416 e. The summed E-state index contributed by atoms with van der Waals surface area (Å²) in [4.78, 5) is 19.4. The monoisotopic (exact) mass is 441 g/mol. The highest BCUT2D eigenvalue weighted by Crippen LogP contribution is 2.32. The second-order valence-corrected chi connectivity index (χ2v) is 8.53. The number of nitrogens with one attached hydrogen (secondary N) is 1. The van der Waals surface area contributed by atoms with Crippen LogP contribution in [0.5, 0.6) is 0 Å². The van der Waals surface area contributed by atoms with Crippen molar-refractivity contribution < 1.29 is 18.0 Å². The van der Waals surface area contributed by atoms with Gasteiger partial charge in [0.2, 0.25) is 0 Å². The molecule has 168 valence electrons. The van der Waals surface area contributed by atoms with E-state index in [1.54, 1.807) is 6.07 Å². The smallest absolute Gasteiger partial charge is 0.322 e. The average Bonchev–Trinajstić information content (AvgIpc) is 3.22. The maximum Gasteiger partial charge on any atom is 0.416 e. The molecule has 2 aromatic carbocycles. The summed E-state index contributed by atoms with van der Waals surface area (Å²) in [6, 6.07) is 10.2. The number of carbonyl (C=O) groups is 1. The van der Waals surface area contributed by atoms with Crippen molar-refractivity contribution in [2.45, 2.75) is 31.9 Å². The molecule has 0 saturated carbocycles. The van der Waals surface area contributed by atoms with Gasteiger partial charge in [-0.3, -0.25) is 9.79 Å². The summed E-state index contributed by atoms with van der Waals surface area (Å²) in [6.07, 6.45) is 3.51. The van der Waals surface area contributed by atoms with Gasteiger partial charge < -0.3 is 10.2 Å². The van der Waals surface area contributed by atoms with Crippen LogP contribution in [-0.2, 0) is 6.18 Å². The summed E-state index contributed by atoms with van der Waals surface area (Å²) < 4.78 is 38.9. The first-order valence-corrected chi connectivity index (χ1v) is 10.8. The molecule has 1 N–H and O–H groups in total. The second kappa shape index (κ2) is 9.28. The third kappa shape index (κ3) is 5.27. The first-order valence-electron chi connectivity index (χ1n) is 10.8. The quantitative estimate of drug-likeness (QED) is 0.651. The number of hydrogen-bond acceptors (Lipinski definition) is 3. The van der Waals surface area contributed by atoms with E-state index in [1.807, 2.05) is 31.5 Å². The van der Waals surface area contributed by atoms with E-state index in [1.165, 1.54) is 12.1 Å². The Morgan fingerprint density at radius 3 is 2.81 bits per heavy atom. The molecular formula is C25H26F3N3O. The third-order valence-electron chi connectivity index (χ3n) is 6.12. The van der Waals surface area contributed by atoms with Gasteiger partial charge in [-0.1, -0.05) is 18.2 Å². The van der Waals surface area contributed by atoms with Crippen LogP contribution >= 0.6 is 0 Å². The summed E-state index contributed by atoms with van der Waals surface area (Å²) >= 11 is 0. The number of alkyl halides is 3. The summed E-state index contributed by atoms with van der Waals surface area (Å²) in [5.41, 5.74) is 2.04. The maximum atomic E-state index is 13.0. The molecule has 0 spiro atoms. The van der Waals surface area contributed by atoms with Crippen molar-refractivity contribution in [1.29, 1.82) is 0 Å². The number of amides is 1. The van der Waals surface area contributed by atoms with E-state index in [-0.39, 0.29) is 5.69 Å². The Kier molecular flexibility index (Phi) is 6.46. The van der Waals surface area contributed by atoms with Gasteiger partial charge >= 0.3 is 6.18 Å². The first kappa shape index (κ1) is 22.3. The van der Waals surface area contributed by atoms with Gasteiger partial charge in [-0.15, -0.1) is 0 Å². The highest BCUT2D eigenvalue weighted by Gasteiger charge is 2.31. The highest BCUT2D eigenvalue weighted by molar-refractivity contribution is 6.04. The average molecular weight is 441 g/mol. The van der Waals surface area contributed by atoms with Crippen LogP contribution in [-0.4, -0.2) is 36.7 Å². The van der Waals surface area contributed by atoms with E-state index in [0.717, 1.165) is 55.7 Å². The second-order valence-electron chi connectivity index (χ2n) is 8.53. The number of benzene rings is 2. The molecule has 2 aliphatic heterocycles. The molecule has 0 bridgehead atoms. The molecule has 2 aliphatic rings. The van der Waals surface area contributed by atoms with Gasteiger partial charge in [-0.25, -0.2) is 0 Å². The fourth-order valence-corrected chi connectivity index (χ4v) is 4.43. The number of hydrogen-bond donors (Lipinski definition) is 1. The van der Waals surface area contributed by atoms with Crippen molar-refractivity contribution in [3.63, 3.8) is 0 Å². The molecule has 1 saturated heterocycles. The first-order chi connectivity index (χ1) is 15.3. The van der Waals surface area contributed by atoms with E-state index in [0.29, 0.717) is 17.4 Å². The number of allylic oxidation sites excluding steroid dienone is 1.